The third kappa shape index (κ3) is 2.37. The fourth-order valence-electron chi connectivity index (χ4n) is 3.10. The molecule has 0 radical (unpaired) electrons. The van der Waals surface area contributed by atoms with Gasteiger partial charge in [0.05, 0.1) is 17.3 Å². The molecule has 2 aromatic rings. The van der Waals surface area contributed by atoms with Gasteiger partial charge in [0.25, 0.3) is 0 Å². The first-order chi connectivity index (χ1) is 9.38. The van der Waals surface area contributed by atoms with Gasteiger partial charge >= 0.3 is 0 Å². The zero-order valence-electron chi connectivity index (χ0n) is 10.7. The summed E-state index contributed by atoms with van der Waals surface area (Å²) >= 11 is 0. The van der Waals surface area contributed by atoms with Crippen molar-refractivity contribution in [3.8, 4) is 6.07 Å². The Hall–Kier alpha value is -2.15. The number of rotatable bonds is 3. The standard InChI is InChI=1S/C15H16N4/c16-9-11-5-7-13(8-6-11)15(12-3-1-2-4-12)14-10-17-19-18-14/h5-8,10,12,15H,1-4H2,(H,17,18,19). The molecule has 1 aliphatic rings. The summed E-state index contributed by atoms with van der Waals surface area (Å²) < 4.78 is 0. The van der Waals surface area contributed by atoms with E-state index in [0.717, 1.165) is 5.69 Å². The summed E-state index contributed by atoms with van der Waals surface area (Å²) in [5.41, 5.74) is 2.95. The average molecular weight is 252 g/mol. The zero-order chi connectivity index (χ0) is 13.1. The second-order valence-corrected chi connectivity index (χ2v) is 5.15. The Morgan fingerprint density at radius 2 is 1.95 bits per heavy atom. The van der Waals surface area contributed by atoms with E-state index in [-0.39, 0.29) is 0 Å². The molecule has 1 unspecified atom stereocenters. The fourth-order valence-corrected chi connectivity index (χ4v) is 3.10. The van der Waals surface area contributed by atoms with Crippen molar-refractivity contribution in [1.82, 2.24) is 15.4 Å². The molecular weight excluding hydrogens is 236 g/mol. The molecule has 19 heavy (non-hydrogen) atoms. The maximum absolute atomic E-state index is 8.89. The molecule has 0 aliphatic heterocycles. The normalized spacial score (nSPS) is 17.2. The third-order valence-corrected chi connectivity index (χ3v) is 4.02. The number of H-pyrrole nitrogens is 1. The van der Waals surface area contributed by atoms with Gasteiger partial charge in [-0.1, -0.05) is 30.2 Å². The molecule has 0 bridgehead atoms. The highest BCUT2D eigenvalue weighted by Crippen LogP contribution is 2.40. The first-order valence-corrected chi connectivity index (χ1v) is 6.75. The molecule has 96 valence electrons. The van der Waals surface area contributed by atoms with Crippen molar-refractivity contribution in [2.75, 3.05) is 0 Å². The Kier molecular flexibility index (Phi) is 3.28. The quantitative estimate of drug-likeness (QED) is 0.913. The molecule has 1 N–H and O–H groups in total. The number of nitriles is 1. The van der Waals surface area contributed by atoms with Crippen molar-refractivity contribution in [3.63, 3.8) is 0 Å². The monoisotopic (exact) mass is 252 g/mol. The first kappa shape index (κ1) is 11.9. The average Bonchev–Trinajstić information content (AvgIpc) is 3.13. The fraction of sp³-hybridized carbons (Fsp3) is 0.400. The Morgan fingerprint density at radius 1 is 1.21 bits per heavy atom. The molecule has 1 aromatic heterocycles. The summed E-state index contributed by atoms with van der Waals surface area (Å²) in [4.78, 5) is 0. The van der Waals surface area contributed by atoms with Gasteiger partial charge in [-0.2, -0.15) is 5.26 Å². The van der Waals surface area contributed by atoms with Crippen LogP contribution in [0.5, 0.6) is 0 Å². The zero-order valence-corrected chi connectivity index (χ0v) is 10.7. The number of hydrogen-bond donors (Lipinski definition) is 1. The predicted octanol–water partition coefficient (Wildman–Crippen LogP) is 3.00. The van der Waals surface area contributed by atoms with E-state index in [0.29, 0.717) is 17.4 Å². The van der Waals surface area contributed by atoms with E-state index < -0.39 is 0 Å². The van der Waals surface area contributed by atoms with Crippen LogP contribution in [0.15, 0.2) is 30.5 Å². The molecule has 1 aliphatic carbocycles. The summed E-state index contributed by atoms with van der Waals surface area (Å²) in [5.74, 6) is 0.937. The molecule has 0 amide bonds. The molecule has 1 atom stereocenters. The third-order valence-electron chi connectivity index (χ3n) is 4.02. The lowest BCUT2D eigenvalue weighted by Gasteiger charge is -2.21. The minimum absolute atomic E-state index is 0.300. The van der Waals surface area contributed by atoms with E-state index in [4.69, 9.17) is 5.26 Å². The van der Waals surface area contributed by atoms with Crippen LogP contribution in [0.25, 0.3) is 0 Å². The number of benzene rings is 1. The van der Waals surface area contributed by atoms with Gasteiger partial charge in [-0.05, 0) is 36.5 Å². The Labute approximate surface area is 112 Å². The van der Waals surface area contributed by atoms with Crippen LogP contribution in [0, 0.1) is 17.2 Å². The molecule has 1 heterocycles. The highest BCUT2D eigenvalue weighted by Gasteiger charge is 2.29. The number of nitrogens with zero attached hydrogens (tertiary/aromatic N) is 3. The molecule has 1 saturated carbocycles. The maximum Gasteiger partial charge on any atom is 0.0991 e. The van der Waals surface area contributed by atoms with Gasteiger partial charge in [0.1, 0.15) is 0 Å². The van der Waals surface area contributed by atoms with Crippen LogP contribution in [-0.4, -0.2) is 15.4 Å². The highest BCUT2D eigenvalue weighted by atomic mass is 15.3. The Morgan fingerprint density at radius 3 is 2.53 bits per heavy atom. The van der Waals surface area contributed by atoms with Crippen LogP contribution in [0.4, 0.5) is 0 Å². The van der Waals surface area contributed by atoms with Crippen LogP contribution in [0.3, 0.4) is 0 Å². The van der Waals surface area contributed by atoms with E-state index in [9.17, 15) is 0 Å². The van der Waals surface area contributed by atoms with E-state index in [1.54, 1.807) is 0 Å². The van der Waals surface area contributed by atoms with E-state index in [2.05, 4.69) is 33.6 Å². The van der Waals surface area contributed by atoms with Crippen LogP contribution < -0.4 is 0 Å². The summed E-state index contributed by atoms with van der Waals surface area (Å²) in [6.45, 7) is 0. The van der Waals surface area contributed by atoms with Gasteiger partial charge in [0.15, 0.2) is 0 Å². The summed E-state index contributed by atoms with van der Waals surface area (Å²) in [6.07, 6.45) is 6.99. The number of hydrogen-bond acceptors (Lipinski definition) is 3. The van der Waals surface area contributed by atoms with Gasteiger partial charge in [0, 0.05) is 12.1 Å². The summed E-state index contributed by atoms with van der Waals surface area (Å²) in [6, 6.07) is 10.0. The van der Waals surface area contributed by atoms with E-state index >= 15 is 0 Å². The van der Waals surface area contributed by atoms with Crippen LogP contribution in [0.1, 0.15) is 48.4 Å². The predicted molar refractivity (Wildman–Crippen MR) is 71.3 cm³/mol. The lowest BCUT2D eigenvalue weighted by Crippen LogP contribution is -2.12. The van der Waals surface area contributed by atoms with Crippen molar-refractivity contribution < 1.29 is 0 Å². The van der Waals surface area contributed by atoms with Crippen molar-refractivity contribution >= 4 is 0 Å². The van der Waals surface area contributed by atoms with Crippen molar-refractivity contribution in [3.05, 3.63) is 47.3 Å². The largest absolute Gasteiger partial charge is 0.265 e. The minimum atomic E-state index is 0.300. The maximum atomic E-state index is 8.89. The van der Waals surface area contributed by atoms with Crippen molar-refractivity contribution in [1.29, 1.82) is 5.26 Å². The van der Waals surface area contributed by atoms with Gasteiger partial charge < -0.3 is 0 Å². The van der Waals surface area contributed by atoms with Gasteiger partial charge in [0.2, 0.25) is 0 Å². The summed E-state index contributed by atoms with van der Waals surface area (Å²) in [5, 5.41) is 19.8. The lowest BCUT2D eigenvalue weighted by atomic mass is 9.82. The molecule has 1 aromatic carbocycles. The van der Waals surface area contributed by atoms with Crippen LogP contribution in [-0.2, 0) is 0 Å². The smallest absolute Gasteiger partial charge is 0.0991 e. The Balaban J connectivity index is 1.96. The number of aromatic amines is 1. The van der Waals surface area contributed by atoms with Crippen molar-refractivity contribution in [2.24, 2.45) is 5.92 Å². The lowest BCUT2D eigenvalue weighted by molar-refractivity contribution is 0.475. The van der Waals surface area contributed by atoms with Gasteiger partial charge in [-0.3, -0.25) is 5.10 Å². The van der Waals surface area contributed by atoms with E-state index in [1.165, 1.54) is 31.2 Å². The molecule has 3 rings (SSSR count). The molecular formula is C15H16N4. The highest BCUT2D eigenvalue weighted by molar-refractivity contribution is 5.36. The van der Waals surface area contributed by atoms with E-state index in [1.807, 2.05) is 18.3 Å². The second kappa shape index (κ2) is 5.23. The number of aromatic nitrogens is 3. The van der Waals surface area contributed by atoms with Gasteiger partial charge in [-0.25, -0.2) is 0 Å². The topological polar surface area (TPSA) is 65.4 Å². The van der Waals surface area contributed by atoms with Crippen molar-refractivity contribution in [2.45, 2.75) is 31.6 Å². The molecule has 0 saturated heterocycles. The molecule has 4 nitrogen and oxygen atoms in total. The second-order valence-electron chi connectivity index (χ2n) is 5.15. The van der Waals surface area contributed by atoms with Gasteiger partial charge in [-0.15, -0.1) is 5.10 Å². The minimum Gasteiger partial charge on any atom is -0.265 e. The first-order valence-electron chi connectivity index (χ1n) is 6.75. The Bertz CT molecular complexity index is 559. The molecule has 0 spiro atoms. The molecule has 1 fully saturated rings. The summed E-state index contributed by atoms with van der Waals surface area (Å²) in [7, 11) is 0. The van der Waals surface area contributed by atoms with Crippen LogP contribution >= 0.6 is 0 Å². The number of nitrogens with one attached hydrogen (secondary N) is 1. The van der Waals surface area contributed by atoms with Crippen LogP contribution in [0.2, 0.25) is 0 Å². The molecule has 4 heteroatoms. The SMILES string of the molecule is N#Cc1ccc(C(c2c[nH]nn2)C2CCCC2)cc1.